The number of benzene rings is 4. The summed E-state index contributed by atoms with van der Waals surface area (Å²) < 4.78 is 13.0. The number of carbonyl (C=O) groups is 2. The number of nitrogens with zero attached hydrogens (tertiary/aromatic N) is 1. The molecule has 5 heteroatoms. The molecule has 0 bridgehead atoms. The van der Waals surface area contributed by atoms with E-state index < -0.39 is 0 Å². The first kappa shape index (κ1) is 36.9. The van der Waals surface area contributed by atoms with Gasteiger partial charge in [-0.15, -0.1) is 0 Å². The molecule has 2 amide bonds. The minimum atomic E-state index is -0.290. The highest BCUT2D eigenvalue weighted by Gasteiger charge is 2.35. The molecule has 4 aromatic rings. The smallest absolute Gasteiger partial charge is 0.261 e. The fourth-order valence-electron chi connectivity index (χ4n) is 6.07. The maximum atomic E-state index is 13.3. The molecule has 0 aliphatic carbocycles. The van der Waals surface area contributed by atoms with E-state index in [1.807, 2.05) is 18.2 Å². The Balaban J connectivity index is 1.48. The summed E-state index contributed by atoms with van der Waals surface area (Å²) in [6.45, 7) is 27.6. The van der Waals surface area contributed by atoms with E-state index in [2.05, 4.69) is 119 Å². The first-order chi connectivity index (χ1) is 23.1. The van der Waals surface area contributed by atoms with Gasteiger partial charge in [-0.2, -0.15) is 0 Å². The Morgan fingerprint density at radius 1 is 0.460 bits per heavy atom. The Morgan fingerprint density at radius 3 is 1.12 bits per heavy atom. The van der Waals surface area contributed by atoms with Crippen LogP contribution in [0.4, 0.5) is 0 Å². The first-order valence-electron chi connectivity index (χ1n) is 17.7. The largest absolute Gasteiger partial charge is 0.489 e. The second-order valence-corrected chi connectivity index (χ2v) is 18.0. The Bertz CT molecular complexity index is 1710. The van der Waals surface area contributed by atoms with Crippen LogP contribution in [-0.2, 0) is 41.4 Å². The van der Waals surface area contributed by atoms with Crippen LogP contribution in [0.2, 0.25) is 0 Å². The molecule has 0 atom stereocenters. The molecule has 5 nitrogen and oxygen atoms in total. The average molecular weight is 674 g/mol. The van der Waals surface area contributed by atoms with Crippen molar-refractivity contribution in [2.24, 2.45) is 0 Å². The van der Waals surface area contributed by atoms with Crippen LogP contribution in [0.1, 0.15) is 143 Å². The Morgan fingerprint density at radius 2 is 0.800 bits per heavy atom. The minimum absolute atomic E-state index is 0.0134. The third-order valence-corrected chi connectivity index (χ3v) is 9.42. The summed E-state index contributed by atoms with van der Waals surface area (Å²) in [5.74, 6) is 0.654. The van der Waals surface area contributed by atoms with E-state index in [4.69, 9.17) is 9.47 Å². The van der Waals surface area contributed by atoms with Crippen LogP contribution < -0.4 is 9.47 Å². The molecule has 50 heavy (non-hydrogen) atoms. The number of ether oxygens (including phenoxy) is 2. The third kappa shape index (κ3) is 8.49. The molecule has 0 fully saturated rings. The molecule has 1 aliphatic heterocycles. The Labute approximate surface area is 300 Å². The first-order valence-corrected chi connectivity index (χ1v) is 17.7. The van der Waals surface area contributed by atoms with Crippen LogP contribution in [0.3, 0.4) is 0 Å². The lowest BCUT2D eigenvalue weighted by molar-refractivity contribution is 0.0642. The van der Waals surface area contributed by atoms with Gasteiger partial charge >= 0.3 is 0 Å². The third-order valence-electron chi connectivity index (χ3n) is 9.42. The van der Waals surface area contributed by atoms with Gasteiger partial charge < -0.3 is 9.47 Å². The molecule has 0 N–H and O–H groups in total. The lowest BCUT2D eigenvalue weighted by Gasteiger charge is -2.26. The molecule has 1 aliphatic rings. The average Bonchev–Trinajstić information content (AvgIpc) is 3.25. The van der Waals surface area contributed by atoms with Crippen molar-refractivity contribution in [2.45, 2.75) is 125 Å². The molecule has 1 heterocycles. The van der Waals surface area contributed by atoms with Crippen LogP contribution in [0.15, 0.2) is 78.9 Å². The molecule has 0 saturated carbocycles. The maximum absolute atomic E-state index is 13.3. The normalized spacial score (nSPS) is 13.9. The van der Waals surface area contributed by atoms with E-state index in [1.165, 1.54) is 27.2 Å². The lowest BCUT2D eigenvalue weighted by Crippen LogP contribution is -2.29. The molecular formula is C45H55NO4. The lowest BCUT2D eigenvalue weighted by atomic mass is 9.79. The summed E-state index contributed by atoms with van der Waals surface area (Å²) in [7, 11) is 0. The van der Waals surface area contributed by atoms with Gasteiger partial charge in [0, 0.05) is 6.07 Å². The van der Waals surface area contributed by atoms with Crippen molar-refractivity contribution in [1.82, 2.24) is 4.90 Å². The van der Waals surface area contributed by atoms with E-state index in [1.54, 1.807) is 24.3 Å². The quantitative estimate of drug-likeness (QED) is 0.175. The molecule has 0 aromatic heterocycles. The highest BCUT2D eigenvalue weighted by Crippen LogP contribution is 2.34. The Kier molecular flexibility index (Phi) is 9.88. The molecule has 0 unspecified atom stereocenters. The van der Waals surface area contributed by atoms with Crippen molar-refractivity contribution in [3.05, 3.63) is 129 Å². The van der Waals surface area contributed by atoms with E-state index in [-0.39, 0.29) is 40.0 Å². The van der Waals surface area contributed by atoms with Crippen molar-refractivity contribution < 1.29 is 19.1 Å². The van der Waals surface area contributed by atoms with Gasteiger partial charge in [-0.25, -0.2) is 0 Å². The zero-order chi connectivity index (χ0) is 36.8. The van der Waals surface area contributed by atoms with Gasteiger partial charge in [0.1, 0.15) is 24.7 Å². The SMILES string of the molecule is CC(C)(C)c1cc(COc2cc(CN3C(=O)c4ccccc4C3=O)cc(OCc3cc(C(C)(C)C)cc(C(C)(C)C)c3)c2)cc(C(C)(C)C)c1. The van der Waals surface area contributed by atoms with Gasteiger partial charge in [0.15, 0.2) is 0 Å². The summed E-state index contributed by atoms with van der Waals surface area (Å²) in [4.78, 5) is 27.9. The monoisotopic (exact) mass is 673 g/mol. The van der Waals surface area contributed by atoms with Crippen molar-refractivity contribution >= 4 is 11.8 Å². The van der Waals surface area contributed by atoms with E-state index in [9.17, 15) is 9.59 Å². The molecule has 4 aromatic carbocycles. The summed E-state index contributed by atoms with van der Waals surface area (Å²) >= 11 is 0. The van der Waals surface area contributed by atoms with Gasteiger partial charge in [-0.05, 0) is 84.9 Å². The summed E-state index contributed by atoms with van der Waals surface area (Å²) in [5.41, 5.74) is 8.79. The van der Waals surface area contributed by atoms with Crippen LogP contribution >= 0.6 is 0 Å². The highest BCUT2D eigenvalue weighted by molar-refractivity contribution is 6.21. The number of rotatable bonds is 8. The van der Waals surface area contributed by atoms with Gasteiger partial charge in [-0.3, -0.25) is 14.5 Å². The molecule has 0 spiro atoms. The zero-order valence-corrected chi connectivity index (χ0v) is 32.2. The standard InChI is InChI=1S/C45H55NO4/c1-42(2,3)32-17-30(18-33(23-32)43(4,5)6)27-49-36-21-29(26-46-40(47)38-15-13-14-16-39(38)41(46)48)22-37(25-36)50-28-31-19-34(44(7,8)9)24-35(20-31)45(10,11)12/h13-25H,26-28H2,1-12H3. The summed E-state index contributed by atoms with van der Waals surface area (Å²) in [5, 5.41) is 0. The number of hydrogen-bond donors (Lipinski definition) is 0. The van der Waals surface area contributed by atoms with E-state index in [0.717, 1.165) is 16.7 Å². The predicted octanol–water partition coefficient (Wildman–Crippen LogP) is 10.8. The molecule has 264 valence electrons. The predicted molar refractivity (Wildman–Crippen MR) is 203 cm³/mol. The molecule has 5 rings (SSSR count). The highest BCUT2D eigenvalue weighted by atomic mass is 16.5. The minimum Gasteiger partial charge on any atom is -0.489 e. The number of amides is 2. The number of fused-ring (bicyclic) bond motifs is 1. The van der Waals surface area contributed by atoms with Gasteiger partial charge in [-0.1, -0.05) is 132 Å². The van der Waals surface area contributed by atoms with Crippen LogP contribution in [-0.4, -0.2) is 16.7 Å². The van der Waals surface area contributed by atoms with Crippen LogP contribution in [0.5, 0.6) is 11.5 Å². The Hall–Kier alpha value is -4.38. The van der Waals surface area contributed by atoms with Gasteiger partial charge in [0.25, 0.3) is 11.8 Å². The van der Waals surface area contributed by atoms with Crippen molar-refractivity contribution in [3.63, 3.8) is 0 Å². The topological polar surface area (TPSA) is 55.8 Å². The second kappa shape index (κ2) is 13.4. The van der Waals surface area contributed by atoms with Crippen LogP contribution in [0.25, 0.3) is 0 Å². The number of hydrogen-bond acceptors (Lipinski definition) is 4. The van der Waals surface area contributed by atoms with E-state index >= 15 is 0 Å². The van der Waals surface area contributed by atoms with Crippen LogP contribution in [0, 0.1) is 0 Å². The van der Waals surface area contributed by atoms with E-state index in [0.29, 0.717) is 35.8 Å². The fourth-order valence-corrected chi connectivity index (χ4v) is 6.07. The van der Waals surface area contributed by atoms with Crippen molar-refractivity contribution in [2.75, 3.05) is 0 Å². The second-order valence-electron chi connectivity index (χ2n) is 18.0. The molecule has 0 saturated heterocycles. The molecular weight excluding hydrogens is 618 g/mol. The molecule has 0 radical (unpaired) electrons. The number of carbonyl (C=O) groups excluding carboxylic acids is 2. The fraction of sp³-hybridized carbons (Fsp3) is 0.422. The van der Waals surface area contributed by atoms with Gasteiger partial charge in [0.2, 0.25) is 0 Å². The zero-order valence-electron chi connectivity index (χ0n) is 32.2. The summed E-state index contributed by atoms with van der Waals surface area (Å²) in [6.07, 6.45) is 0. The van der Waals surface area contributed by atoms with Crippen molar-refractivity contribution in [1.29, 1.82) is 0 Å². The van der Waals surface area contributed by atoms with Crippen molar-refractivity contribution in [3.8, 4) is 11.5 Å². The number of imide groups is 1. The summed E-state index contributed by atoms with van der Waals surface area (Å²) in [6, 6.07) is 26.2. The van der Waals surface area contributed by atoms with Gasteiger partial charge in [0.05, 0.1) is 17.7 Å². The maximum Gasteiger partial charge on any atom is 0.261 e.